The highest BCUT2D eigenvalue weighted by Gasteiger charge is 2.10. The third kappa shape index (κ3) is 5.97. The number of ether oxygens (including phenoxy) is 1. The van der Waals surface area contributed by atoms with Crippen LogP contribution in [0.25, 0.3) is 0 Å². The molecule has 21 heavy (non-hydrogen) atoms. The van der Waals surface area contributed by atoms with Gasteiger partial charge >= 0.3 is 5.97 Å². The van der Waals surface area contributed by atoms with Crippen molar-refractivity contribution in [3.05, 3.63) is 11.9 Å². The third-order valence-electron chi connectivity index (χ3n) is 2.95. The van der Waals surface area contributed by atoms with E-state index < -0.39 is 0 Å². The van der Waals surface area contributed by atoms with Gasteiger partial charge in [0.2, 0.25) is 0 Å². The maximum absolute atomic E-state index is 11.3. The Balaban J connectivity index is 2.57. The molecule has 0 atom stereocenters. The lowest BCUT2D eigenvalue weighted by Crippen LogP contribution is -2.12. The van der Waals surface area contributed by atoms with E-state index in [9.17, 15) is 4.79 Å². The van der Waals surface area contributed by atoms with Crippen LogP contribution in [0, 0.1) is 0 Å². The van der Waals surface area contributed by atoms with Crippen LogP contribution in [0.5, 0.6) is 0 Å². The minimum atomic E-state index is -0.149. The average Bonchev–Trinajstić information content (AvgIpc) is 2.47. The summed E-state index contributed by atoms with van der Waals surface area (Å²) in [6.45, 7) is 7.95. The lowest BCUT2D eigenvalue weighted by atomic mass is 10.1. The van der Waals surface area contributed by atoms with Crippen molar-refractivity contribution < 1.29 is 9.53 Å². The van der Waals surface area contributed by atoms with Gasteiger partial charge in [-0.3, -0.25) is 4.79 Å². The summed E-state index contributed by atoms with van der Waals surface area (Å²) in [5.41, 5.74) is 1.11. The smallest absolute Gasteiger partial charge is 0.305 e. The standard InChI is InChI=1S/C15H26N4O2/c1-4-8-12-14(16-5-2)18-11-19-15(12)17-10-7-9-13(20)21-6-3/h11H,4-10H2,1-3H3,(H2,16,17,18,19). The number of anilines is 2. The first-order valence-electron chi connectivity index (χ1n) is 7.70. The van der Waals surface area contributed by atoms with Crippen LogP contribution in [0.15, 0.2) is 6.33 Å². The lowest BCUT2D eigenvalue weighted by Gasteiger charge is -2.14. The van der Waals surface area contributed by atoms with Crippen molar-refractivity contribution in [3.63, 3.8) is 0 Å². The zero-order valence-electron chi connectivity index (χ0n) is 13.2. The van der Waals surface area contributed by atoms with Gasteiger partial charge in [0, 0.05) is 25.1 Å². The molecule has 1 aromatic heterocycles. The molecule has 6 heteroatoms. The van der Waals surface area contributed by atoms with Crippen LogP contribution >= 0.6 is 0 Å². The van der Waals surface area contributed by atoms with E-state index in [1.54, 1.807) is 6.33 Å². The molecular formula is C15H26N4O2. The number of carbonyl (C=O) groups excluding carboxylic acids is 1. The molecule has 1 rings (SSSR count). The first kappa shape index (κ1) is 17.2. The molecule has 2 N–H and O–H groups in total. The molecule has 0 saturated carbocycles. The molecule has 0 fully saturated rings. The lowest BCUT2D eigenvalue weighted by molar-refractivity contribution is -0.143. The van der Waals surface area contributed by atoms with E-state index in [1.807, 2.05) is 13.8 Å². The molecule has 0 aliphatic carbocycles. The summed E-state index contributed by atoms with van der Waals surface area (Å²) in [6, 6.07) is 0. The Morgan fingerprint density at radius 3 is 2.52 bits per heavy atom. The first-order valence-corrected chi connectivity index (χ1v) is 7.70. The van der Waals surface area contributed by atoms with Crippen molar-refractivity contribution >= 4 is 17.6 Å². The first-order chi connectivity index (χ1) is 10.2. The molecule has 118 valence electrons. The van der Waals surface area contributed by atoms with Crippen molar-refractivity contribution in [1.29, 1.82) is 0 Å². The average molecular weight is 294 g/mol. The van der Waals surface area contributed by atoms with Crippen LogP contribution in [0.4, 0.5) is 11.6 Å². The Bertz CT molecular complexity index is 438. The Kier molecular flexibility index (Phi) is 8.16. The van der Waals surface area contributed by atoms with Crippen LogP contribution in [-0.2, 0) is 16.0 Å². The zero-order chi connectivity index (χ0) is 15.5. The van der Waals surface area contributed by atoms with Crippen LogP contribution in [0.2, 0.25) is 0 Å². The predicted molar refractivity (Wildman–Crippen MR) is 84.5 cm³/mol. The SMILES string of the molecule is CCCc1c(NCC)ncnc1NCCCC(=O)OCC. The third-order valence-corrected chi connectivity index (χ3v) is 2.95. The van der Waals surface area contributed by atoms with Crippen molar-refractivity contribution in [1.82, 2.24) is 9.97 Å². The van der Waals surface area contributed by atoms with Gasteiger partial charge in [0.05, 0.1) is 6.61 Å². The van der Waals surface area contributed by atoms with Gasteiger partial charge in [-0.15, -0.1) is 0 Å². The molecule has 0 spiro atoms. The fraction of sp³-hybridized carbons (Fsp3) is 0.667. The predicted octanol–water partition coefficient (Wildman–Crippen LogP) is 2.62. The molecule has 0 unspecified atom stereocenters. The Labute approximate surface area is 126 Å². The summed E-state index contributed by atoms with van der Waals surface area (Å²) in [4.78, 5) is 19.9. The van der Waals surface area contributed by atoms with Crippen molar-refractivity contribution in [2.45, 2.75) is 46.5 Å². The van der Waals surface area contributed by atoms with Crippen LogP contribution in [-0.4, -0.2) is 35.6 Å². The second kappa shape index (κ2) is 9.96. The normalized spacial score (nSPS) is 10.2. The molecule has 0 amide bonds. The molecule has 0 saturated heterocycles. The van der Waals surface area contributed by atoms with E-state index in [2.05, 4.69) is 27.5 Å². The molecule has 0 radical (unpaired) electrons. The summed E-state index contributed by atoms with van der Waals surface area (Å²) in [5, 5.41) is 6.56. The number of nitrogens with one attached hydrogen (secondary N) is 2. The number of aromatic nitrogens is 2. The van der Waals surface area contributed by atoms with E-state index in [-0.39, 0.29) is 5.97 Å². The molecule has 0 bridgehead atoms. The summed E-state index contributed by atoms with van der Waals surface area (Å²) in [7, 11) is 0. The Morgan fingerprint density at radius 2 is 1.90 bits per heavy atom. The maximum Gasteiger partial charge on any atom is 0.305 e. The van der Waals surface area contributed by atoms with E-state index in [4.69, 9.17) is 4.74 Å². The van der Waals surface area contributed by atoms with Gasteiger partial charge in [-0.25, -0.2) is 9.97 Å². The fourth-order valence-electron chi connectivity index (χ4n) is 2.04. The van der Waals surface area contributed by atoms with Gasteiger partial charge in [-0.1, -0.05) is 13.3 Å². The minimum Gasteiger partial charge on any atom is -0.466 e. The highest BCUT2D eigenvalue weighted by molar-refractivity contribution is 5.69. The highest BCUT2D eigenvalue weighted by Crippen LogP contribution is 2.21. The van der Waals surface area contributed by atoms with Gasteiger partial charge in [-0.2, -0.15) is 0 Å². The van der Waals surface area contributed by atoms with Crippen molar-refractivity contribution in [2.75, 3.05) is 30.3 Å². The van der Waals surface area contributed by atoms with E-state index in [0.717, 1.165) is 43.0 Å². The van der Waals surface area contributed by atoms with Gasteiger partial charge in [0.15, 0.2) is 0 Å². The molecule has 6 nitrogen and oxygen atoms in total. The molecule has 0 aromatic carbocycles. The van der Waals surface area contributed by atoms with E-state index in [1.165, 1.54) is 0 Å². The van der Waals surface area contributed by atoms with E-state index >= 15 is 0 Å². The second-order valence-corrected chi connectivity index (χ2v) is 4.67. The molecular weight excluding hydrogens is 268 g/mol. The topological polar surface area (TPSA) is 76.1 Å². The van der Waals surface area contributed by atoms with Gasteiger partial charge < -0.3 is 15.4 Å². The monoisotopic (exact) mass is 294 g/mol. The highest BCUT2D eigenvalue weighted by atomic mass is 16.5. The van der Waals surface area contributed by atoms with Gasteiger partial charge in [0.25, 0.3) is 0 Å². The fourth-order valence-corrected chi connectivity index (χ4v) is 2.04. The zero-order valence-corrected chi connectivity index (χ0v) is 13.2. The molecule has 1 heterocycles. The van der Waals surface area contributed by atoms with Crippen LogP contribution in [0.3, 0.4) is 0 Å². The molecule has 0 aliphatic heterocycles. The summed E-state index contributed by atoms with van der Waals surface area (Å²) >= 11 is 0. The molecule has 1 aromatic rings. The molecule has 0 aliphatic rings. The summed E-state index contributed by atoms with van der Waals surface area (Å²) in [5.74, 6) is 1.60. The maximum atomic E-state index is 11.3. The largest absolute Gasteiger partial charge is 0.466 e. The number of carbonyl (C=O) groups is 1. The van der Waals surface area contributed by atoms with Crippen molar-refractivity contribution in [3.8, 4) is 0 Å². The van der Waals surface area contributed by atoms with Gasteiger partial charge in [-0.05, 0) is 26.7 Å². The number of esters is 1. The van der Waals surface area contributed by atoms with Gasteiger partial charge in [0.1, 0.15) is 18.0 Å². The van der Waals surface area contributed by atoms with Crippen LogP contribution in [0.1, 0.15) is 45.6 Å². The number of hydrogen-bond donors (Lipinski definition) is 2. The van der Waals surface area contributed by atoms with Crippen LogP contribution < -0.4 is 10.6 Å². The number of nitrogens with zero attached hydrogens (tertiary/aromatic N) is 2. The number of rotatable bonds is 10. The Hall–Kier alpha value is -1.85. The summed E-state index contributed by atoms with van der Waals surface area (Å²) in [6.07, 6.45) is 4.66. The Morgan fingerprint density at radius 1 is 1.19 bits per heavy atom. The minimum absolute atomic E-state index is 0.149. The van der Waals surface area contributed by atoms with Crippen molar-refractivity contribution in [2.24, 2.45) is 0 Å². The number of hydrogen-bond acceptors (Lipinski definition) is 6. The second-order valence-electron chi connectivity index (χ2n) is 4.67. The quantitative estimate of drug-likeness (QED) is 0.510. The summed E-state index contributed by atoms with van der Waals surface area (Å²) < 4.78 is 4.91. The van der Waals surface area contributed by atoms with E-state index in [0.29, 0.717) is 19.6 Å².